The molecule has 2 saturated carbocycles. The smallest absolute Gasteiger partial charge is 0.254 e. The van der Waals surface area contributed by atoms with E-state index in [1.54, 1.807) is 0 Å². The first-order valence-corrected chi connectivity index (χ1v) is 13.7. The summed E-state index contributed by atoms with van der Waals surface area (Å²) in [6.45, 7) is 3.00. The van der Waals surface area contributed by atoms with Crippen LogP contribution in [0.3, 0.4) is 0 Å². The van der Waals surface area contributed by atoms with Crippen LogP contribution in [0.15, 0.2) is 48.5 Å². The highest BCUT2D eigenvalue weighted by Gasteiger charge is 2.78. The number of hydrogen-bond acceptors (Lipinski definition) is 4. The van der Waals surface area contributed by atoms with Crippen molar-refractivity contribution >= 4 is 5.91 Å². The maximum absolute atomic E-state index is 13.6. The van der Waals surface area contributed by atoms with Crippen molar-refractivity contribution in [3.63, 3.8) is 0 Å². The first kappa shape index (κ1) is 20.8. The van der Waals surface area contributed by atoms with E-state index in [-0.39, 0.29) is 29.1 Å². The molecule has 1 amide bonds. The van der Waals surface area contributed by atoms with Gasteiger partial charge in [0.15, 0.2) is 0 Å². The van der Waals surface area contributed by atoms with E-state index in [0.717, 1.165) is 43.7 Å². The summed E-state index contributed by atoms with van der Waals surface area (Å²) >= 11 is 0. The number of benzene rings is 2. The van der Waals surface area contributed by atoms with Crippen molar-refractivity contribution in [2.24, 2.45) is 11.8 Å². The van der Waals surface area contributed by atoms with Crippen LogP contribution in [0, 0.1) is 11.8 Å². The number of carbonyl (C=O) groups is 1. The summed E-state index contributed by atoms with van der Waals surface area (Å²) in [6, 6.07) is 16.4. The van der Waals surface area contributed by atoms with E-state index in [1.807, 2.05) is 36.4 Å². The second kappa shape index (κ2) is 7.10. The van der Waals surface area contributed by atoms with E-state index in [9.17, 15) is 9.90 Å². The molecule has 4 bridgehead atoms. The van der Waals surface area contributed by atoms with Gasteiger partial charge in [0.1, 0.15) is 5.75 Å². The summed E-state index contributed by atoms with van der Waals surface area (Å²) < 4.78 is 7.28. The van der Waals surface area contributed by atoms with Crippen molar-refractivity contribution in [3.05, 3.63) is 65.2 Å². The van der Waals surface area contributed by atoms with Crippen LogP contribution in [0.4, 0.5) is 0 Å². The van der Waals surface area contributed by atoms with Gasteiger partial charge in [-0.3, -0.25) is 9.69 Å². The van der Waals surface area contributed by atoms with Crippen LogP contribution in [-0.2, 0) is 16.6 Å². The third-order valence-corrected chi connectivity index (χ3v) is 10.8. The number of fused-ring (bicyclic) bond motifs is 1. The van der Waals surface area contributed by atoms with Gasteiger partial charge >= 0.3 is 0 Å². The van der Waals surface area contributed by atoms with Crippen molar-refractivity contribution in [1.82, 2.24) is 9.80 Å². The largest absolute Gasteiger partial charge is 0.508 e. The average Bonchev–Trinajstić information content (AvgIpc) is 3.29. The summed E-state index contributed by atoms with van der Waals surface area (Å²) in [4.78, 5) is 18.5. The minimum absolute atomic E-state index is 0.0783. The molecule has 5 nitrogen and oxygen atoms in total. The first-order valence-electron chi connectivity index (χ1n) is 13.7. The molecule has 0 spiro atoms. The van der Waals surface area contributed by atoms with Crippen LogP contribution in [0.1, 0.15) is 60.0 Å². The summed E-state index contributed by atoms with van der Waals surface area (Å²) in [5.74, 6) is 1.65. The number of carbonyl (C=O) groups excluding carboxylic acids is 1. The molecule has 8 rings (SSSR count). The number of likely N-dealkylation sites (tertiary alicyclic amines) is 2. The predicted molar refractivity (Wildman–Crippen MR) is 132 cm³/mol. The molecule has 5 heteroatoms. The second-order valence-corrected chi connectivity index (χ2v) is 12.1. The molecular weight excluding hydrogens is 436 g/mol. The average molecular weight is 471 g/mol. The zero-order valence-electron chi connectivity index (χ0n) is 20.2. The van der Waals surface area contributed by atoms with E-state index < -0.39 is 0 Å². The fourth-order valence-electron chi connectivity index (χ4n) is 9.38. The maximum Gasteiger partial charge on any atom is 0.254 e. The van der Waals surface area contributed by atoms with Gasteiger partial charge in [0.2, 0.25) is 0 Å². The molecule has 2 aromatic carbocycles. The Morgan fingerprint density at radius 2 is 1.94 bits per heavy atom. The van der Waals surface area contributed by atoms with E-state index in [1.165, 1.54) is 36.9 Å². The summed E-state index contributed by atoms with van der Waals surface area (Å²) in [5.41, 5.74) is 3.18. The number of phenolic OH excluding ortho intramolecular Hbond substituents is 1. The Balaban J connectivity index is 1.24. The number of hydrogen-bond donors (Lipinski definition) is 1. The quantitative estimate of drug-likeness (QED) is 0.733. The molecule has 0 radical (unpaired) electrons. The molecule has 182 valence electrons. The van der Waals surface area contributed by atoms with Crippen molar-refractivity contribution < 1.29 is 14.6 Å². The van der Waals surface area contributed by atoms with Crippen molar-refractivity contribution in [1.29, 1.82) is 0 Å². The molecular formula is C30H34N2O3. The lowest BCUT2D eigenvalue weighted by atomic mass is 9.46. The maximum atomic E-state index is 13.6. The Kier molecular flexibility index (Phi) is 4.22. The number of aromatic hydroxyl groups is 1. The predicted octanol–water partition coefficient (Wildman–Crippen LogP) is 4.13. The van der Waals surface area contributed by atoms with Crippen molar-refractivity contribution in [3.8, 4) is 5.75 Å². The number of nitrogens with zero attached hydrogens (tertiary/aromatic N) is 2. The van der Waals surface area contributed by atoms with E-state index in [2.05, 4.69) is 21.9 Å². The third-order valence-electron chi connectivity index (χ3n) is 10.8. The van der Waals surface area contributed by atoms with Crippen LogP contribution >= 0.6 is 0 Å². The van der Waals surface area contributed by atoms with Gasteiger partial charge in [-0.2, -0.15) is 0 Å². The molecule has 0 unspecified atom stereocenters. The fourth-order valence-corrected chi connectivity index (χ4v) is 9.38. The molecule has 6 atom stereocenters. The number of phenols is 1. The van der Waals surface area contributed by atoms with Crippen molar-refractivity contribution in [2.75, 3.05) is 19.6 Å². The Labute approximate surface area is 207 Å². The van der Waals surface area contributed by atoms with Crippen LogP contribution in [0.2, 0.25) is 0 Å². The molecule has 3 aliphatic heterocycles. The van der Waals surface area contributed by atoms with Gasteiger partial charge in [0.25, 0.3) is 5.91 Å². The molecule has 3 saturated heterocycles. The molecule has 3 heterocycles. The lowest BCUT2D eigenvalue weighted by molar-refractivity contribution is -0.173. The van der Waals surface area contributed by atoms with Crippen molar-refractivity contribution in [2.45, 2.75) is 74.1 Å². The lowest BCUT2D eigenvalue weighted by Gasteiger charge is -2.65. The molecule has 0 aromatic heterocycles. The minimum Gasteiger partial charge on any atom is -0.508 e. The summed E-state index contributed by atoms with van der Waals surface area (Å²) in [7, 11) is 0. The summed E-state index contributed by atoms with van der Waals surface area (Å²) in [5, 5.41) is 10.6. The number of rotatable bonds is 3. The Hall–Kier alpha value is -2.37. The second-order valence-electron chi connectivity index (χ2n) is 12.1. The minimum atomic E-state index is -0.191. The Bertz CT molecular complexity index is 1200. The Morgan fingerprint density at radius 1 is 1.09 bits per heavy atom. The molecule has 6 aliphatic rings. The highest BCUT2D eigenvalue weighted by atomic mass is 16.5. The van der Waals surface area contributed by atoms with Crippen LogP contribution < -0.4 is 0 Å². The van der Waals surface area contributed by atoms with E-state index >= 15 is 0 Å². The summed E-state index contributed by atoms with van der Waals surface area (Å²) in [6.07, 6.45) is 8.31. The van der Waals surface area contributed by atoms with Gasteiger partial charge in [-0.15, -0.1) is 0 Å². The lowest BCUT2D eigenvalue weighted by Crippen LogP contribution is -2.74. The number of ether oxygens (including phenoxy) is 1. The SMILES string of the molecule is O=C(c1ccccc1)N1C[C@H]2O[C@@]34CC[C@@H]1[C@@H]2[C@@]31CCN(CC2CCC2)[C@@H]4Cc2ccc(O)cc21. The third kappa shape index (κ3) is 2.54. The van der Waals surface area contributed by atoms with E-state index in [0.29, 0.717) is 24.3 Å². The zero-order chi connectivity index (χ0) is 23.4. The van der Waals surface area contributed by atoms with Crippen LogP contribution in [0.25, 0.3) is 0 Å². The number of amides is 1. The normalized spacial score (nSPS) is 39.1. The topological polar surface area (TPSA) is 53.0 Å². The molecule has 1 N–H and O–H groups in total. The van der Waals surface area contributed by atoms with Gasteiger partial charge in [-0.05, 0) is 86.4 Å². The van der Waals surface area contributed by atoms with E-state index in [4.69, 9.17) is 4.74 Å². The van der Waals surface area contributed by atoms with Gasteiger partial charge < -0.3 is 14.7 Å². The van der Waals surface area contributed by atoms with Crippen LogP contribution in [-0.4, -0.2) is 64.2 Å². The molecule has 5 fully saturated rings. The standard InChI is InChI=1S/C30H34N2O3/c33-22-10-9-21-15-26-30-12-11-24-27(25(35-30)18-32(24)28(34)20-7-2-1-3-8-20)29(30,23(21)16-22)13-14-31(26)17-19-5-4-6-19/h1-3,7-10,16,19,24-27,33H,4-6,11-15,17-18H2/t24-,25-,26-,27+,29+,30-/m1/s1. The molecule has 3 aliphatic carbocycles. The fraction of sp³-hybridized carbons (Fsp3) is 0.567. The van der Waals surface area contributed by atoms with Gasteiger partial charge in [0.05, 0.1) is 11.7 Å². The number of piperidine rings is 1. The highest BCUT2D eigenvalue weighted by molar-refractivity contribution is 5.94. The van der Waals surface area contributed by atoms with Gasteiger partial charge in [-0.1, -0.05) is 30.7 Å². The van der Waals surface area contributed by atoms with Gasteiger partial charge in [-0.25, -0.2) is 0 Å². The van der Waals surface area contributed by atoms with Gasteiger partial charge in [0, 0.05) is 42.1 Å². The molecule has 35 heavy (non-hydrogen) atoms. The Morgan fingerprint density at radius 3 is 2.74 bits per heavy atom. The zero-order valence-corrected chi connectivity index (χ0v) is 20.2. The first-order chi connectivity index (χ1) is 17.1. The monoisotopic (exact) mass is 470 g/mol. The molecule has 2 aromatic rings. The highest BCUT2D eigenvalue weighted by Crippen LogP contribution is 2.69. The van der Waals surface area contributed by atoms with Crippen LogP contribution in [0.5, 0.6) is 5.75 Å².